The van der Waals surface area contributed by atoms with Crippen LogP contribution in [-0.4, -0.2) is 13.2 Å². The van der Waals surface area contributed by atoms with Gasteiger partial charge in [-0.3, -0.25) is 0 Å². The van der Waals surface area contributed by atoms with Gasteiger partial charge in [0.15, 0.2) is 0 Å². The predicted molar refractivity (Wildman–Crippen MR) is 54.4 cm³/mol. The number of hydrogen-bond donors (Lipinski definition) is 0. The van der Waals surface area contributed by atoms with Gasteiger partial charge in [-0.2, -0.15) is 8.78 Å². The van der Waals surface area contributed by atoms with E-state index >= 15 is 0 Å². The molecule has 0 radical (unpaired) electrons. The number of carbonyl (C=O) groups excluding carboxylic acids is 1. The van der Waals surface area contributed by atoms with Crippen LogP contribution < -0.4 is 4.74 Å². The molecule has 3 nitrogen and oxygen atoms in total. The summed E-state index contributed by atoms with van der Waals surface area (Å²) in [4.78, 5) is 12.4. The maximum absolute atomic E-state index is 13.4. The molecule has 0 atom stereocenters. The van der Waals surface area contributed by atoms with E-state index in [1.165, 1.54) is 19.2 Å². The number of benzene rings is 1. The SMILES string of the molecule is CCc1ccc(OC)c(C(F)(F)N=C=O)c1. The molecular weight excluding hydrogens is 216 g/mol. The number of isocyanates is 1. The Balaban J connectivity index is 3.33. The first-order valence-corrected chi connectivity index (χ1v) is 4.69. The number of aliphatic imine (C=N–C) groups is 1. The van der Waals surface area contributed by atoms with Crippen LogP contribution >= 0.6 is 0 Å². The van der Waals surface area contributed by atoms with E-state index in [2.05, 4.69) is 4.99 Å². The first-order chi connectivity index (χ1) is 7.55. The topological polar surface area (TPSA) is 38.7 Å². The Morgan fingerprint density at radius 3 is 2.69 bits per heavy atom. The number of methoxy groups -OCH3 is 1. The van der Waals surface area contributed by atoms with E-state index in [0.717, 1.165) is 11.6 Å². The Morgan fingerprint density at radius 1 is 1.50 bits per heavy atom. The van der Waals surface area contributed by atoms with Gasteiger partial charge in [0.25, 0.3) is 0 Å². The summed E-state index contributed by atoms with van der Waals surface area (Å²) in [5.74, 6) is 0.00111. The lowest BCUT2D eigenvalue weighted by atomic mass is 10.1. The fourth-order valence-corrected chi connectivity index (χ4v) is 1.33. The van der Waals surface area contributed by atoms with Gasteiger partial charge < -0.3 is 4.74 Å². The molecule has 0 heterocycles. The number of halogens is 2. The van der Waals surface area contributed by atoms with Crippen LogP contribution in [0.5, 0.6) is 5.75 Å². The van der Waals surface area contributed by atoms with Crippen LogP contribution in [0.25, 0.3) is 0 Å². The lowest BCUT2D eigenvalue weighted by Crippen LogP contribution is -2.11. The lowest BCUT2D eigenvalue weighted by Gasteiger charge is -2.14. The third-order valence-electron chi connectivity index (χ3n) is 2.18. The number of ether oxygens (including phenoxy) is 1. The second kappa shape index (κ2) is 4.86. The van der Waals surface area contributed by atoms with E-state index in [9.17, 15) is 13.6 Å². The fourth-order valence-electron chi connectivity index (χ4n) is 1.33. The summed E-state index contributed by atoms with van der Waals surface area (Å²) < 4.78 is 31.6. The molecule has 1 aromatic carbocycles. The molecule has 5 heteroatoms. The molecule has 0 spiro atoms. The van der Waals surface area contributed by atoms with Crippen LogP contribution in [0.3, 0.4) is 0 Å². The average molecular weight is 227 g/mol. The van der Waals surface area contributed by atoms with Crippen molar-refractivity contribution in [3.05, 3.63) is 29.3 Å². The van der Waals surface area contributed by atoms with Crippen LogP contribution in [0.2, 0.25) is 0 Å². The molecule has 0 aromatic heterocycles. The van der Waals surface area contributed by atoms with Gasteiger partial charge in [-0.1, -0.05) is 13.0 Å². The lowest BCUT2D eigenvalue weighted by molar-refractivity contribution is 0.00383. The fraction of sp³-hybridized carbons (Fsp3) is 0.364. The van der Waals surface area contributed by atoms with Crippen LogP contribution in [0.1, 0.15) is 18.1 Å². The normalized spacial score (nSPS) is 10.8. The van der Waals surface area contributed by atoms with Gasteiger partial charge in [-0.05, 0) is 24.1 Å². The summed E-state index contributed by atoms with van der Waals surface area (Å²) >= 11 is 0. The zero-order valence-corrected chi connectivity index (χ0v) is 8.96. The molecule has 0 aliphatic heterocycles. The molecule has 86 valence electrons. The number of nitrogens with zero attached hydrogens (tertiary/aromatic N) is 1. The third kappa shape index (κ3) is 2.44. The molecule has 0 aliphatic carbocycles. The number of aryl methyl sites for hydroxylation is 1. The van der Waals surface area contributed by atoms with Crippen molar-refractivity contribution in [3.63, 3.8) is 0 Å². The smallest absolute Gasteiger partial charge is 0.382 e. The zero-order chi connectivity index (χ0) is 12.2. The largest absolute Gasteiger partial charge is 0.496 e. The van der Waals surface area contributed by atoms with Crippen LogP contribution in [0.4, 0.5) is 8.78 Å². The minimum atomic E-state index is -3.60. The second-order valence-corrected chi connectivity index (χ2v) is 3.13. The molecule has 1 aromatic rings. The van der Waals surface area contributed by atoms with Gasteiger partial charge in [0, 0.05) is 0 Å². The van der Waals surface area contributed by atoms with Crippen molar-refractivity contribution in [2.24, 2.45) is 4.99 Å². The van der Waals surface area contributed by atoms with E-state index < -0.39 is 11.6 Å². The van der Waals surface area contributed by atoms with E-state index in [1.54, 1.807) is 6.07 Å². The first kappa shape index (κ1) is 12.3. The summed E-state index contributed by atoms with van der Waals surface area (Å²) in [5.41, 5.74) is 0.300. The highest BCUT2D eigenvalue weighted by molar-refractivity contribution is 5.43. The van der Waals surface area contributed by atoms with E-state index in [1.807, 2.05) is 6.92 Å². The second-order valence-electron chi connectivity index (χ2n) is 3.13. The average Bonchev–Trinajstić information content (AvgIpc) is 2.28. The highest BCUT2D eigenvalue weighted by atomic mass is 19.3. The van der Waals surface area contributed by atoms with Gasteiger partial charge >= 0.3 is 6.05 Å². The molecule has 0 unspecified atom stereocenters. The van der Waals surface area contributed by atoms with Crippen molar-refractivity contribution in [2.75, 3.05) is 7.11 Å². The zero-order valence-electron chi connectivity index (χ0n) is 8.96. The highest BCUT2D eigenvalue weighted by Crippen LogP contribution is 2.36. The summed E-state index contributed by atoms with van der Waals surface area (Å²) in [6.45, 7) is 1.84. The minimum Gasteiger partial charge on any atom is -0.496 e. The Kier molecular flexibility index (Phi) is 3.74. The van der Waals surface area contributed by atoms with Crippen molar-refractivity contribution in [1.82, 2.24) is 0 Å². The molecule has 0 saturated heterocycles. The predicted octanol–water partition coefficient (Wildman–Crippen LogP) is 2.64. The maximum Gasteiger partial charge on any atom is 0.382 e. The molecule has 16 heavy (non-hydrogen) atoms. The molecule has 0 amide bonds. The van der Waals surface area contributed by atoms with Crippen molar-refractivity contribution in [2.45, 2.75) is 19.4 Å². The van der Waals surface area contributed by atoms with Gasteiger partial charge in [-0.15, -0.1) is 4.99 Å². The Hall–Kier alpha value is -1.74. The van der Waals surface area contributed by atoms with Gasteiger partial charge in [-0.25, -0.2) is 4.79 Å². The molecule has 0 bridgehead atoms. The van der Waals surface area contributed by atoms with Crippen LogP contribution in [0, 0.1) is 0 Å². The van der Waals surface area contributed by atoms with E-state index in [4.69, 9.17) is 4.74 Å². The Labute approximate surface area is 91.8 Å². The quantitative estimate of drug-likeness (QED) is 0.450. The minimum absolute atomic E-state index is 0.00111. The van der Waals surface area contributed by atoms with Gasteiger partial charge in [0.2, 0.25) is 6.08 Å². The molecule has 1 rings (SSSR count). The Morgan fingerprint density at radius 2 is 2.19 bits per heavy atom. The van der Waals surface area contributed by atoms with Gasteiger partial charge in [0.1, 0.15) is 5.75 Å². The number of alkyl halides is 2. The first-order valence-electron chi connectivity index (χ1n) is 4.69. The van der Waals surface area contributed by atoms with E-state index in [-0.39, 0.29) is 5.75 Å². The summed E-state index contributed by atoms with van der Waals surface area (Å²) in [6, 6.07) is 0.795. The number of hydrogen-bond acceptors (Lipinski definition) is 3. The summed E-state index contributed by atoms with van der Waals surface area (Å²) in [5, 5.41) is 0. The molecule has 0 aliphatic rings. The highest BCUT2D eigenvalue weighted by Gasteiger charge is 2.34. The molecule has 0 saturated carbocycles. The Bertz CT molecular complexity index is 426. The van der Waals surface area contributed by atoms with Crippen molar-refractivity contribution < 1.29 is 18.3 Å². The van der Waals surface area contributed by atoms with Gasteiger partial charge in [0.05, 0.1) is 12.7 Å². The molecule has 0 N–H and O–H groups in total. The summed E-state index contributed by atoms with van der Waals surface area (Å²) in [6.07, 6.45) is 1.47. The van der Waals surface area contributed by atoms with E-state index in [0.29, 0.717) is 6.42 Å². The number of rotatable bonds is 4. The van der Waals surface area contributed by atoms with Crippen LogP contribution in [0.15, 0.2) is 23.2 Å². The van der Waals surface area contributed by atoms with Crippen molar-refractivity contribution in [1.29, 1.82) is 0 Å². The summed E-state index contributed by atoms with van der Waals surface area (Å²) in [7, 11) is 1.28. The van der Waals surface area contributed by atoms with Crippen LogP contribution in [-0.2, 0) is 17.3 Å². The van der Waals surface area contributed by atoms with Crippen molar-refractivity contribution in [3.8, 4) is 5.75 Å². The molecular formula is C11H11F2NO2. The monoisotopic (exact) mass is 227 g/mol. The third-order valence-corrected chi connectivity index (χ3v) is 2.18. The maximum atomic E-state index is 13.4. The van der Waals surface area contributed by atoms with Crippen molar-refractivity contribution >= 4 is 6.08 Å². The molecule has 0 fully saturated rings. The standard InChI is InChI=1S/C11H11F2NO2/c1-3-8-4-5-10(16-2)9(6-8)11(12,13)14-7-15/h4-6H,3H2,1-2H3.